The summed E-state index contributed by atoms with van der Waals surface area (Å²) in [4.78, 5) is 0. The number of nitrogens with one attached hydrogen (secondary N) is 1. The summed E-state index contributed by atoms with van der Waals surface area (Å²) >= 11 is 30.6. The van der Waals surface area contributed by atoms with Crippen molar-refractivity contribution in [3.05, 3.63) is 84.8 Å². The molecule has 0 aliphatic heterocycles. The fourth-order valence-corrected chi connectivity index (χ4v) is 3.84. The van der Waals surface area contributed by atoms with E-state index >= 15 is 0 Å². The molecule has 0 aliphatic carbocycles. The molecule has 0 atom stereocenters. The summed E-state index contributed by atoms with van der Waals surface area (Å²) < 4.78 is 11.3. The van der Waals surface area contributed by atoms with Gasteiger partial charge in [-0.3, -0.25) is 0 Å². The lowest BCUT2D eigenvalue weighted by molar-refractivity contribution is 0.284. The van der Waals surface area contributed by atoms with Crippen molar-refractivity contribution in [2.24, 2.45) is 0 Å². The maximum absolute atomic E-state index is 6.45. The molecular weight excluding hydrogens is 476 g/mol. The molecule has 0 fully saturated rings. The van der Waals surface area contributed by atoms with Crippen molar-refractivity contribution in [1.82, 2.24) is 0 Å². The average Bonchev–Trinajstić information content (AvgIpc) is 2.65. The van der Waals surface area contributed by atoms with Crippen LogP contribution in [0.15, 0.2) is 48.5 Å². The van der Waals surface area contributed by atoms with E-state index in [2.05, 4.69) is 5.32 Å². The molecule has 29 heavy (non-hydrogen) atoms. The zero-order valence-corrected chi connectivity index (χ0v) is 19.0. The van der Waals surface area contributed by atoms with Gasteiger partial charge in [-0.05, 0) is 42.0 Å². The van der Waals surface area contributed by atoms with Gasteiger partial charge in [0.15, 0.2) is 11.5 Å². The van der Waals surface area contributed by atoms with Crippen molar-refractivity contribution in [3.8, 4) is 11.5 Å². The fourth-order valence-electron chi connectivity index (χ4n) is 2.63. The fraction of sp³-hybridized carbons (Fsp3) is 0.143. The molecule has 0 radical (unpaired) electrons. The zero-order valence-electron chi connectivity index (χ0n) is 15.2. The van der Waals surface area contributed by atoms with Crippen LogP contribution in [-0.2, 0) is 13.2 Å². The normalized spacial score (nSPS) is 10.7. The Balaban J connectivity index is 1.74. The summed E-state index contributed by atoms with van der Waals surface area (Å²) in [5.41, 5.74) is 2.42. The van der Waals surface area contributed by atoms with Crippen LogP contribution >= 0.6 is 58.0 Å². The molecule has 0 amide bonds. The van der Waals surface area contributed by atoms with Crippen molar-refractivity contribution in [3.63, 3.8) is 0 Å². The van der Waals surface area contributed by atoms with Crippen LogP contribution in [0.1, 0.15) is 11.1 Å². The minimum Gasteiger partial charge on any atom is -0.493 e. The number of rotatable bonds is 7. The number of halogens is 5. The summed E-state index contributed by atoms with van der Waals surface area (Å²) in [7, 11) is 1.57. The van der Waals surface area contributed by atoms with E-state index in [-0.39, 0.29) is 6.61 Å². The van der Waals surface area contributed by atoms with E-state index in [4.69, 9.17) is 67.5 Å². The highest BCUT2D eigenvalue weighted by Gasteiger charge is 2.12. The monoisotopic (exact) mass is 489 g/mol. The minimum absolute atomic E-state index is 0.251. The van der Waals surface area contributed by atoms with Gasteiger partial charge in [-0.25, -0.2) is 0 Å². The molecule has 0 saturated heterocycles. The first kappa shape index (κ1) is 22.2. The Labute approximate surface area is 194 Å². The summed E-state index contributed by atoms with van der Waals surface area (Å²) in [5.74, 6) is 1.07. The van der Waals surface area contributed by atoms with Crippen molar-refractivity contribution in [2.75, 3.05) is 12.4 Å². The van der Waals surface area contributed by atoms with Gasteiger partial charge in [0.2, 0.25) is 0 Å². The van der Waals surface area contributed by atoms with Crippen LogP contribution in [0.4, 0.5) is 5.69 Å². The van der Waals surface area contributed by atoms with E-state index in [1.807, 2.05) is 12.1 Å². The molecule has 0 aromatic heterocycles. The van der Waals surface area contributed by atoms with E-state index in [0.717, 1.165) is 16.8 Å². The highest BCUT2D eigenvalue weighted by Crippen LogP contribution is 2.35. The average molecular weight is 492 g/mol. The van der Waals surface area contributed by atoms with Crippen molar-refractivity contribution >= 4 is 63.7 Å². The molecule has 152 valence electrons. The van der Waals surface area contributed by atoms with E-state index in [9.17, 15) is 0 Å². The summed E-state index contributed by atoms with van der Waals surface area (Å²) in [6, 6.07) is 14.0. The number of anilines is 1. The summed E-state index contributed by atoms with van der Waals surface area (Å²) in [6.45, 7) is 0.705. The first-order chi connectivity index (χ1) is 13.9. The van der Waals surface area contributed by atoms with Crippen LogP contribution in [0.25, 0.3) is 0 Å². The Morgan fingerprint density at radius 1 is 0.724 bits per heavy atom. The molecule has 0 bridgehead atoms. The van der Waals surface area contributed by atoms with Crippen molar-refractivity contribution < 1.29 is 9.47 Å². The molecule has 8 heteroatoms. The third kappa shape index (κ3) is 6.00. The van der Waals surface area contributed by atoms with Crippen LogP contribution < -0.4 is 14.8 Å². The molecule has 3 aromatic rings. The lowest BCUT2D eigenvalue weighted by Gasteiger charge is -2.15. The van der Waals surface area contributed by atoms with Crippen LogP contribution in [0.2, 0.25) is 25.1 Å². The maximum atomic E-state index is 6.45. The topological polar surface area (TPSA) is 30.5 Å². The second-order valence-electron chi connectivity index (χ2n) is 6.13. The SMILES string of the molecule is COc1cc(CNc2cc(Cl)cc(Cl)c2)c(Cl)cc1OCc1ccc(Cl)cc1Cl. The first-order valence-corrected chi connectivity index (χ1v) is 10.4. The molecule has 3 nitrogen and oxygen atoms in total. The van der Waals surface area contributed by atoms with Crippen LogP contribution in [-0.4, -0.2) is 7.11 Å². The highest BCUT2D eigenvalue weighted by molar-refractivity contribution is 6.35. The number of ether oxygens (including phenoxy) is 2. The second kappa shape index (κ2) is 10.0. The molecule has 3 aromatic carbocycles. The number of hydrogen-bond acceptors (Lipinski definition) is 3. The summed E-state index contributed by atoms with van der Waals surface area (Å²) in [6.07, 6.45) is 0. The highest BCUT2D eigenvalue weighted by atomic mass is 35.5. The Morgan fingerprint density at radius 2 is 1.41 bits per heavy atom. The summed E-state index contributed by atoms with van der Waals surface area (Å²) in [5, 5.41) is 5.97. The number of hydrogen-bond donors (Lipinski definition) is 1. The van der Waals surface area contributed by atoms with Crippen LogP contribution in [0, 0.1) is 0 Å². The van der Waals surface area contributed by atoms with Crippen molar-refractivity contribution in [1.29, 1.82) is 0 Å². The Morgan fingerprint density at radius 3 is 2.07 bits per heavy atom. The van der Waals surface area contributed by atoms with Gasteiger partial charge in [-0.15, -0.1) is 0 Å². The molecule has 0 spiro atoms. The molecule has 0 unspecified atom stereocenters. The van der Waals surface area contributed by atoms with Gasteiger partial charge in [0.25, 0.3) is 0 Å². The van der Waals surface area contributed by atoms with Crippen LogP contribution in [0.5, 0.6) is 11.5 Å². The molecular formula is C21H16Cl5NO2. The second-order valence-corrected chi connectivity index (χ2v) is 8.25. The quantitative estimate of drug-likeness (QED) is 0.362. The molecule has 0 heterocycles. The van der Waals surface area contributed by atoms with Gasteiger partial charge >= 0.3 is 0 Å². The predicted molar refractivity (Wildman–Crippen MR) is 123 cm³/mol. The van der Waals surface area contributed by atoms with E-state index in [1.54, 1.807) is 43.5 Å². The van der Waals surface area contributed by atoms with Gasteiger partial charge < -0.3 is 14.8 Å². The van der Waals surface area contributed by atoms with E-state index in [1.165, 1.54) is 0 Å². The minimum atomic E-state index is 0.251. The third-order valence-electron chi connectivity index (χ3n) is 4.08. The molecule has 0 saturated carbocycles. The zero-order chi connectivity index (χ0) is 21.0. The van der Waals surface area contributed by atoms with Gasteiger partial charge in [-0.1, -0.05) is 64.1 Å². The third-order valence-corrected chi connectivity index (χ3v) is 5.45. The molecule has 1 N–H and O–H groups in total. The Bertz CT molecular complexity index is 1010. The largest absolute Gasteiger partial charge is 0.493 e. The first-order valence-electron chi connectivity index (χ1n) is 8.49. The van der Waals surface area contributed by atoms with E-state index in [0.29, 0.717) is 43.2 Å². The standard InChI is InChI=1S/C21H16Cl5NO2/c1-28-20-4-13(10-27-17-6-15(23)5-16(24)7-17)19(26)9-21(20)29-11-12-2-3-14(22)8-18(12)25/h2-9,27H,10-11H2,1H3. The molecule has 0 aliphatic rings. The smallest absolute Gasteiger partial charge is 0.163 e. The number of methoxy groups -OCH3 is 1. The Kier molecular flexibility index (Phi) is 7.66. The van der Waals surface area contributed by atoms with Gasteiger partial charge in [0.05, 0.1) is 7.11 Å². The number of benzene rings is 3. The van der Waals surface area contributed by atoms with Gasteiger partial charge in [0.1, 0.15) is 6.61 Å². The molecule has 3 rings (SSSR count). The lowest BCUT2D eigenvalue weighted by Crippen LogP contribution is -2.03. The van der Waals surface area contributed by atoms with Gasteiger partial charge in [0, 0.05) is 49.0 Å². The lowest BCUT2D eigenvalue weighted by atomic mass is 10.2. The van der Waals surface area contributed by atoms with Crippen molar-refractivity contribution in [2.45, 2.75) is 13.2 Å². The van der Waals surface area contributed by atoms with Gasteiger partial charge in [-0.2, -0.15) is 0 Å². The van der Waals surface area contributed by atoms with Crippen LogP contribution in [0.3, 0.4) is 0 Å². The Hall–Kier alpha value is -1.49. The maximum Gasteiger partial charge on any atom is 0.163 e. The van der Waals surface area contributed by atoms with E-state index < -0.39 is 0 Å². The predicted octanol–water partition coefficient (Wildman–Crippen LogP) is 8.15.